The van der Waals surface area contributed by atoms with Gasteiger partial charge in [0.05, 0.1) is 33.6 Å². The van der Waals surface area contributed by atoms with E-state index < -0.39 is 0 Å². The molecule has 10 heteroatoms. The van der Waals surface area contributed by atoms with Gasteiger partial charge in [0.1, 0.15) is 17.2 Å². The van der Waals surface area contributed by atoms with Crippen LogP contribution in [0.25, 0.3) is 0 Å². The van der Waals surface area contributed by atoms with E-state index >= 15 is 0 Å². The van der Waals surface area contributed by atoms with Crippen molar-refractivity contribution in [2.75, 3.05) is 59.9 Å². The molecule has 1 atom stereocenters. The number of fused-ring (bicyclic) bond motifs is 2. The van der Waals surface area contributed by atoms with E-state index in [1.54, 1.807) is 21.3 Å². The van der Waals surface area contributed by atoms with Crippen molar-refractivity contribution in [2.24, 2.45) is 0 Å². The molecule has 2 aliphatic rings. The summed E-state index contributed by atoms with van der Waals surface area (Å²) in [4.78, 5) is 32.8. The van der Waals surface area contributed by atoms with E-state index in [9.17, 15) is 9.59 Å². The SMILES string of the molecule is CC.CCN1CCCN(C(=O)Nc2ccccc2OC)CCCC2=CC(C)c3c(cc(OC)cc3OC)CN2C1=O.CO.[HH]. The summed E-state index contributed by atoms with van der Waals surface area (Å²) in [6.45, 7) is 10.8. The standard InChI is InChI=1S/C30H40N4O5.C2H6.CH4O.H2/c1-6-32-15-10-16-33(29(35)31-25-12-7-8-13-26(25)38-4)14-9-11-23-17-21(2)28-22(20-34(23)30(32)36)18-24(37-3)19-27(28)39-5;2*1-2;/h7-8,12-13,17-19,21H,6,9-11,14-16,20H2,1-5H3,(H,31,35);1-2H3;2H,1H3;1H. The number of carbonyl (C=O) groups excluding carboxylic acids is 2. The lowest BCUT2D eigenvalue weighted by molar-refractivity contribution is 0.163. The number of ether oxygens (including phenoxy) is 3. The first-order valence-electron chi connectivity index (χ1n) is 15.1. The van der Waals surface area contributed by atoms with Crippen LogP contribution in [-0.4, -0.2) is 86.5 Å². The first kappa shape index (κ1) is 35.3. The van der Waals surface area contributed by atoms with E-state index in [0.717, 1.165) is 36.1 Å². The van der Waals surface area contributed by atoms with Crippen molar-refractivity contribution >= 4 is 17.7 Å². The molecule has 240 valence electrons. The molecule has 0 bridgehead atoms. The molecule has 2 aromatic rings. The number of hydrogen-bond acceptors (Lipinski definition) is 6. The summed E-state index contributed by atoms with van der Waals surface area (Å²) in [6, 6.07) is 11.1. The van der Waals surface area contributed by atoms with E-state index in [-0.39, 0.29) is 19.4 Å². The first-order valence-corrected chi connectivity index (χ1v) is 15.1. The van der Waals surface area contributed by atoms with Crippen molar-refractivity contribution in [1.82, 2.24) is 14.7 Å². The maximum atomic E-state index is 13.9. The van der Waals surface area contributed by atoms with Crippen LogP contribution in [0, 0.1) is 0 Å². The number of urea groups is 2. The molecule has 4 amide bonds. The minimum absolute atomic E-state index is 0. The normalized spacial score (nSPS) is 16.8. The minimum atomic E-state index is -0.169. The molecule has 0 saturated carbocycles. The molecule has 1 unspecified atom stereocenters. The predicted molar refractivity (Wildman–Crippen MR) is 173 cm³/mol. The Labute approximate surface area is 258 Å². The van der Waals surface area contributed by atoms with Crippen LogP contribution in [0.4, 0.5) is 15.3 Å². The van der Waals surface area contributed by atoms with E-state index in [1.807, 2.05) is 71.9 Å². The van der Waals surface area contributed by atoms with Crippen molar-refractivity contribution in [1.29, 1.82) is 0 Å². The molecule has 0 aliphatic carbocycles. The predicted octanol–water partition coefficient (Wildman–Crippen LogP) is 6.56. The lowest BCUT2D eigenvalue weighted by atomic mass is 9.94. The maximum Gasteiger partial charge on any atom is 0.324 e. The molecular formula is C33H52N4O6. The number of carbonyl (C=O) groups is 2. The second-order valence-electron chi connectivity index (χ2n) is 9.87. The molecule has 0 radical (unpaired) electrons. The zero-order valence-electron chi connectivity index (χ0n) is 27.1. The number of aliphatic hydroxyl groups is 1. The van der Waals surface area contributed by atoms with Gasteiger partial charge in [-0.3, -0.25) is 4.90 Å². The summed E-state index contributed by atoms with van der Waals surface area (Å²) in [5.74, 6) is 2.12. The highest BCUT2D eigenvalue weighted by Crippen LogP contribution is 2.40. The van der Waals surface area contributed by atoms with Crippen LogP contribution in [0.5, 0.6) is 17.2 Å². The Morgan fingerprint density at radius 1 is 1.00 bits per heavy atom. The second-order valence-corrected chi connectivity index (χ2v) is 9.87. The number of hydrogen-bond donors (Lipinski definition) is 2. The van der Waals surface area contributed by atoms with Gasteiger partial charge in [0.25, 0.3) is 0 Å². The van der Waals surface area contributed by atoms with Gasteiger partial charge in [-0.1, -0.05) is 39.0 Å². The van der Waals surface area contributed by atoms with Gasteiger partial charge in [-0.25, -0.2) is 9.59 Å². The largest absolute Gasteiger partial charge is 0.497 e. The van der Waals surface area contributed by atoms with Crippen molar-refractivity contribution in [3.63, 3.8) is 0 Å². The van der Waals surface area contributed by atoms with Crippen LogP contribution in [-0.2, 0) is 6.54 Å². The number of aliphatic hydroxyl groups excluding tert-OH is 1. The van der Waals surface area contributed by atoms with Crippen LogP contribution in [0.2, 0.25) is 0 Å². The molecule has 0 aromatic heterocycles. The zero-order valence-corrected chi connectivity index (χ0v) is 27.1. The first-order chi connectivity index (χ1) is 20.9. The molecule has 4 rings (SSSR count). The fourth-order valence-electron chi connectivity index (χ4n) is 5.45. The summed E-state index contributed by atoms with van der Waals surface area (Å²) in [5, 5.41) is 10.0. The number of nitrogens with one attached hydrogen (secondary N) is 1. The number of para-hydroxylation sites is 2. The van der Waals surface area contributed by atoms with Gasteiger partial charge < -0.3 is 34.4 Å². The molecule has 2 aliphatic heterocycles. The second kappa shape index (κ2) is 17.9. The molecule has 43 heavy (non-hydrogen) atoms. The summed E-state index contributed by atoms with van der Waals surface area (Å²) in [6.07, 6.45) is 4.24. The van der Waals surface area contributed by atoms with Crippen LogP contribution < -0.4 is 19.5 Å². The Morgan fingerprint density at radius 3 is 2.33 bits per heavy atom. The zero-order chi connectivity index (χ0) is 31.9. The van der Waals surface area contributed by atoms with E-state index in [1.165, 1.54) is 0 Å². The third kappa shape index (κ3) is 8.79. The highest BCUT2D eigenvalue weighted by molar-refractivity contribution is 5.91. The van der Waals surface area contributed by atoms with Crippen LogP contribution in [0.3, 0.4) is 0 Å². The highest BCUT2D eigenvalue weighted by atomic mass is 16.5. The molecule has 1 saturated heterocycles. The molecule has 2 aromatic carbocycles. The molecule has 0 spiro atoms. The van der Waals surface area contributed by atoms with Crippen LogP contribution >= 0.6 is 0 Å². The van der Waals surface area contributed by atoms with Crippen molar-refractivity contribution < 1.29 is 30.3 Å². The molecule has 10 nitrogen and oxygen atoms in total. The van der Waals surface area contributed by atoms with Gasteiger partial charge in [-0.15, -0.1) is 0 Å². The smallest absolute Gasteiger partial charge is 0.324 e. The van der Waals surface area contributed by atoms with Crippen LogP contribution in [0.15, 0.2) is 48.2 Å². The Balaban J connectivity index is 0.00000186. The lowest BCUT2D eigenvalue weighted by Gasteiger charge is -2.31. The summed E-state index contributed by atoms with van der Waals surface area (Å²) in [7, 11) is 5.89. The van der Waals surface area contributed by atoms with Crippen molar-refractivity contribution in [3.8, 4) is 17.2 Å². The number of amides is 4. The fraction of sp³-hybridized carbons (Fsp3) is 0.515. The lowest BCUT2D eigenvalue weighted by Crippen LogP contribution is -2.43. The Bertz CT molecular complexity index is 1220. The summed E-state index contributed by atoms with van der Waals surface area (Å²) in [5.41, 5.74) is 3.69. The third-order valence-corrected chi connectivity index (χ3v) is 7.47. The maximum absolute atomic E-state index is 13.9. The number of benzene rings is 2. The van der Waals surface area contributed by atoms with Crippen LogP contribution in [0.1, 0.15) is 65.4 Å². The average molecular weight is 601 g/mol. The van der Waals surface area contributed by atoms with E-state index in [2.05, 4.69) is 18.3 Å². The van der Waals surface area contributed by atoms with Crippen molar-refractivity contribution in [3.05, 3.63) is 59.3 Å². The third-order valence-electron chi connectivity index (χ3n) is 7.47. The van der Waals surface area contributed by atoms with Gasteiger partial charge in [-0.2, -0.15) is 0 Å². The van der Waals surface area contributed by atoms with E-state index in [0.29, 0.717) is 62.8 Å². The Kier molecular flexibility index (Phi) is 14.7. The number of methoxy groups -OCH3 is 3. The van der Waals surface area contributed by atoms with Gasteiger partial charge in [0.15, 0.2) is 0 Å². The number of anilines is 1. The molecule has 1 fully saturated rings. The minimum Gasteiger partial charge on any atom is -0.497 e. The Morgan fingerprint density at radius 2 is 1.67 bits per heavy atom. The summed E-state index contributed by atoms with van der Waals surface area (Å²) < 4.78 is 16.7. The van der Waals surface area contributed by atoms with Gasteiger partial charge in [-0.05, 0) is 49.9 Å². The number of rotatable bonds is 5. The molecule has 2 heterocycles. The topological polar surface area (TPSA) is 104 Å². The van der Waals surface area contributed by atoms with Gasteiger partial charge in [0, 0.05) is 58.0 Å². The summed E-state index contributed by atoms with van der Waals surface area (Å²) >= 11 is 0. The molecular weight excluding hydrogens is 548 g/mol. The quantitative estimate of drug-likeness (QED) is 0.403. The fourth-order valence-corrected chi connectivity index (χ4v) is 5.45. The van der Waals surface area contributed by atoms with Gasteiger partial charge >= 0.3 is 12.1 Å². The average Bonchev–Trinajstić information content (AvgIpc) is 3.20. The monoisotopic (exact) mass is 600 g/mol. The highest BCUT2D eigenvalue weighted by Gasteiger charge is 2.30. The Hall–Kier alpha value is -3.92. The van der Waals surface area contributed by atoms with Gasteiger partial charge in [0.2, 0.25) is 0 Å². The van der Waals surface area contributed by atoms with E-state index in [4.69, 9.17) is 19.3 Å². The molecule has 2 N–H and O–H groups in total. The number of nitrogens with zero attached hydrogens (tertiary/aromatic N) is 3. The number of allylic oxidation sites excluding steroid dienone is 2. The van der Waals surface area contributed by atoms with Crippen molar-refractivity contribution in [2.45, 2.75) is 59.4 Å².